The number of aromatic nitrogens is 4. The molecule has 1 N–H and O–H groups in total. The average Bonchev–Trinajstić information content (AvgIpc) is 3.24. The van der Waals surface area contributed by atoms with Crippen molar-refractivity contribution in [2.45, 2.75) is 19.9 Å². The fraction of sp³-hybridized carbons (Fsp3) is 0.267. The summed E-state index contributed by atoms with van der Waals surface area (Å²) in [6.45, 7) is 3.66. The molecule has 3 aromatic heterocycles. The maximum atomic E-state index is 12.5. The predicted molar refractivity (Wildman–Crippen MR) is 87.7 cm³/mol. The van der Waals surface area contributed by atoms with E-state index >= 15 is 0 Å². The molecule has 3 aromatic rings. The van der Waals surface area contributed by atoms with Crippen LogP contribution in [0, 0.1) is 6.92 Å². The number of hydrogen-bond donors (Lipinski definition) is 1. The van der Waals surface area contributed by atoms with Crippen LogP contribution in [-0.4, -0.2) is 38.0 Å². The number of amides is 1. The summed E-state index contributed by atoms with van der Waals surface area (Å²) >= 11 is 1.46. The van der Waals surface area contributed by atoms with Gasteiger partial charge in [0.15, 0.2) is 5.82 Å². The van der Waals surface area contributed by atoms with Gasteiger partial charge in [-0.3, -0.25) is 9.59 Å². The van der Waals surface area contributed by atoms with E-state index in [2.05, 4.69) is 20.1 Å². The quantitative estimate of drug-likeness (QED) is 0.775. The molecular weight excluding hydrogens is 330 g/mol. The molecule has 0 fully saturated rings. The Labute approximate surface area is 141 Å². The van der Waals surface area contributed by atoms with Gasteiger partial charge in [-0.1, -0.05) is 5.16 Å². The number of nitrogens with one attached hydrogen (secondary N) is 1. The van der Waals surface area contributed by atoms with Gasteiger partial charge in [-0.05, 0) is 13.8 Å². The van der Waals surface area contributed by atoms with Crippen molar-refractivity contribution in [1.82, 2.24) is 25.0 Å². The second-order valence-corrected chi connectivity index (χ2v) is 6.30. The standard InChI is InChI=1S/C15H15N5O3S/c1-8(11-4-5-23-19-11)20(3)15(22)10-6-16-13(18-14(10)21)12-7-24-9(2)17-12/h4-8H,1-3H3,(H,16,18,21)/t8-/m0/s1. The number of carbonyl (C=O) groups excluding carboxylic acids is 1. The number of rotatable bonds is 4. The molecule has 0 bridgehead atoms. The van der Waals surface area contributed by atoms with Gasteiger partial charge in [0, 0.05) is 24.7 Å². The van der Waals surface area contributed by atoms with Gasteiger partial charge in [-0.25, -0.2) is 9.97 Å². The van der Waals surface area contributed by atoms with Crippen LogP contribution in [0.4, 0.5) is 0 Å². The van der Waals surface area contributed by atoms with Crippen molar-refractivity contribution in [3.63, 3.8) is 0 Å². The maximum absolute atomic E-state index is 12.5. The first-order valence-corrected chi connectivity index (χ1v) is 8.04. The molecule has 0 spiro atoms. The van der Waals surface area contributed by atoms with Crippen LogP contribution in [0.5, 0.6) is 0 Å². The van der Waals surface area contributed by atoms with E-state index in [4.69, 9.17) is 4.52 Å². The zero-order valence-corrected chi connectivity index (χ0v) is 14.1. The van der Waals surface area contributed by atoms with Crippen LogP contribution >= 0.6 is 11.3 Å². The summed E-state index contributed by atoms with van der Waals surface area (Å²) in [5, 5.41) is 6.48. The van der Waals surface area contributed by atoms with E-state index in [9.17, 15) is 9.59 Å². The highest BCUT2D eigenvalue weighted by molar-refractivity contribution is 7.09. The first kappa shape index (κ1) is 16.1. The lowest BCUT2D eigenvalue weighted by atomic mass is 10.2. The molecular formula is C15H15N5O3S. The molecule has 0 saturated carbocycles. The molecule has 0 aliphatic heterocycles. The number of carbonyl (C=O) groups is 1. The summed E-state index contributed by atoms with van der Waals surface area (Å²) in [4.78, 5) is 37.3. The van der Waals surface area contributed by atoms with Gasteiger partial charge in [-0.2, -0.15) is 0 Å². The summed E-state index contributed by atoms with van der Waals surface area (Å²) in [6, 6.07) is 1.33. The van der Waals surface area contributed by atoms with Crippen molar-refractivity contribution in [1.29, 1.82) is 0 Å². The van der Waals surface area contributed by atoms with Gasteiger partial charge in [0.25, 0.3) is 11.5 Å². The van der Waals surface area contributed by atoms with Crippen LogP contribution < -0.4 is 5.56 Å². The lowest BCUT2D eigenvalue weighted by Gasteiger charge is -2.22. The summed E-state index contributed by atoms with van der Waals surface area (Å²) in [7, 11) is 1.60. The van der Waals surface area contributed by atoms with Crippen LogP contribution in [0.3, 0.4) is 0 Å². The van der Waals surface area contributed by atoms with E-state index in [-0.39, 0.29) is 11.6 Å². The lowest BCUT2D eigenvalue weighted by Crippen LogP contribution is -2.34. The van der Waals surface area contributed by atoms with Crippen LogP contribution in [0.15, 0.2) is 33.2 Å². The maximum Gasteiger partial charge on any atom is 0.264 e. The SMILES string of the molecule is Cc1nc(-c2ncc(C(=O)N(C)[C@@H](C)c3ccon3)c(=O)[nH]2)cs1. The van der Waals surface area contributed by atoms with E-state index in [1.54, 1.807) is 25.4 Å². The summed E-state index contributed by atoms with van der Waals surface area (Å²) in [5.74, 6) is -0.103. The van der Waals surface area contributed by atoms with Gasteiger partial charge in [-0.15, -0.1) is 11.3 Å². The molecule has 1 atom stereocenters. The van der Waals surface area contributed by atoms with Crippen molar-refractivity contribution >= 4 is 17.2 Å². The fourth-order valence-electron chi connectivity index (χ4n) is 2.15. The second-order valence-electron chi connectivity index (χ2n) is 5.24. The highest BCUT2D eigenvalue weighted by atomic mass is 32.1. The van der Waals surface area contributed by atoms with E-state index in [1.165, 1.54) is 28.7 Å². The second kappa shape index (κ2) is 6.36. The van der Waals surface area contributed by atoms with Gasteiger partial charge in [0.05, 0.1) is 11.0 Å². The van der Waals surface area contributed by atoms with Crippen LogP contribution in [0.25, 0.3) is 11.5 Å². The number of thiazole rings is 1. The third-order valence-electron chi connectivity index (χ3n) is 3.68. The monoisotopic (exact) mass is 345 g/mol. The predicted octanol–water partition coefficient (Wildman–Crippen LogP) is 2.02. The van der Waals surface area contributed by atoms with E-state index in [0.717, 1.165) is 5.01 Å². The minimum Gasteiger partial charge on any atom is -0.364 e. The largest absolute Gasteiger partial charge is 0.364 e. The molecule has 1 amide bonds. The minimum atomic E-state index is -0.505. The number of aryl methyl sites for hydroxylation is 1. The molecule has 0 aliphatic carbocycles. The Balaban J connectivity index is 1.86. The fourth-order valence-corrected chi connectivity index (χ4v) is 2.75. The highest BCUT2D eigenvalue weighted by Crippen LogP contribution is 2.19. The third-order valence-corrected chi connectivity index (χ3v) is 4.45. The van der Waals surface area contributed by atoms with Crippen LogP contribution in [-0.2, 0) is 0 Å². The highest BCUT2D eigenvalue weighted by Gasteiger charge is 2.23. The van der Waals surface area contributed by atoms with Gasteiger partial charge in [0.2, 0.25) is 0 Å². The Bertz CT molecular complexity index is 915. The van der Waals surface area contributed by atoms with Crippen molar-refractivity contribution in [3.05, 3.63) is 50.5 Å². The number of aromatic amines is 1. The van der Waals surface area contributed by atoms with Crippen LogP contribution in [0.2, 0.25) is 0 Å². The van der Waals surface area contributed by atoms with Crippen molar-refractivity contribution in [2.75, 3.05) is 7.05 Å². The number of nitrogens with zero attached hydrogens (tertiary/aromatic N) is 4. The smallest absolute Gasteiger partial charge is 0.264 e. The molecule has 3 heterocycles. The zero-order chi connectivity index (χ0) is 17.3. The van der Waals surface area contributed by atoms with Gasteiger partial charge in [0.1, 0.15) is 23.2 Å². The van der Waals surface area contributed by atoms with Crippen molar-refractivity contribution < 1.29 is 9.32 Å². The molecule has 0 radical (unpaired) electrons. The van der Waals surface area contributed by atoms with E-state index in [1.807, 2.05) is 6.92 Å². The molecule has 3 rings (SSSR count). The number of H-pyrrole nitrogens is 1. The van der Waals surface area contributed by atoms with E-state index in [0.29, 0.717) is 17.2 Å². The zero-order valence-electron chi connectivity index (χ0n) is 13.3. The first-order chi connectivity index (χ1) is 11.5. The number of hydrogen-bond acceptors (Lipinski definition) is 7. The Morgan fingerprint density at radius 2 is 2.25 bits per heavy atom. The molecule has 0 aliphatic rings. The Kier molecular flexibility index (Phi) is 4.26. The summed E-state index contributed by atoms with van der Waals surface area (Å²) in [6.07, 6.45) is 2.71. The van der Waals surface area contributed by atoms with Gasteiger partial charge >= 0.3 is 0 Å². The molecule has 0 unspecified atom stereocenters. The normalized spacial score (nSPS) is 12.1. The molecule has 24 heavy (non-hydrogen) atoms. The van der Waals surface area contributed by atoms with Crippen molar-refractivity contribution in [2.24, 2.45) is 0 Å². The first-order valence-electron chi connectivity index (χ1n) is 7.16. The molecule has 0 saturated heterocycles. The van der Waals surface area contributed by atoms with Crippen LogP contribution in [0.1, 0.15) is 34.0 Å². The van der Waals surface area contributed by atoms with Gasteiger partial charge < -0.3 is 14.4 Å². The Morgan fingerprint density at radius 3 is 2.83 bits per heavy atom. The minimum absolute atomic E-state index is 0.0384. The van der Waals surface area contributed by atoms with E-state index < -0.39 is 11.5 Å². The third kappa shape index (κ3) is 2.98. The lowest BCUT2D eigenvalue weighted by molar-refractivity contribution is 0.0735. The molecule has 8 nitrogen and oxygen atoms in total. The molecule has 9 heteroatoms. The topological polar surface area (TPSA) is 105 Å². The Hall–Kier alpha value is -2.81. The molecule has 124 valence electrons. The summed E-state index contributed by atoms with van der Waals surface area (Å²) < 4.78 is 4.79. The Morgan fingerprint density at radius 1 is 1.46 bits per heavy atom. The summed E-state index contributed by atoms with van der Waals surface area (Å²) in [5.41, 5.74) is 0.640. The van der Waals surface area contributed by atoms with Crippen molar-refractivity contribution in [3.8, 4) is 11.5 Å². The average molecular weight is 345 g/mol. The molecule has 0 aromatic carbocycles.